The minimum Gasteiger partial charge on any atom is -0.480 e. The third kappa shape index (κ3) is 4.73. The lowest BCUT2D eigenvalue weighted by Crippen LogP contribution is -2.16. The Kier molecular flexibility index (Phi) is 5.41. The average molecular weight is 254 g/mol. The van der Waals surface area contributed by atoms with E-state index < -0.39 is 11.2 Å². The lowest BCUT2D eigenvalue weighted by atomic mass is 10.2. The topological polar surface area (TPSA) is 63.1 Å². The number of aromatic nitrogens is 2. The Labute approximate surface area is 106 Å². The first kappa shape index (κ1) is 14.0. The number of carboxylic acids is 1. The number of rotatable bonds is 6. The van der Waals surface area contributed by atoms with Gasteiger partial charge in [-0.15, -0.1) is 0 Å². The molecule has 17 heavy (non-hydrogen) atoms. The van der Waals surface area contributed by atoms with Crippen LogP contribution in [0.3, 0.4) is 0 Å². The van der Waals surface area contributed by atoms with E-state index in [1.54, 1.807) is 0 Å². The molecule has 0 bridgehead atoms. The Bertz CT molecular complexity index is 376. The highest BCUT2D eigenvalue weighted by atomic mass is 32.2. The summed E-state index contributed by atoms with van der Waals surface area (Å²) in [4.78, 5) is 19.6. The van der Waals surface area contributed by atoms with Crippen molar-refractivity contribution in [2.24, 2.45) is 0 Å². The highest BCUT2D eigenvalue weighted by molar-refractivity contribution is 8.00. The largest absolute Gasteiger partial charge is 0.480 e. The fourth-order valence-electron chi connectivity index (χ4n) is 1.50. The molecule has 1 atom stereocenters. The second-order valence-corrected chi connectivity index (χ2v) is 5.19. The number of unbranched alkanes of at least 4 members (excludes halogenated alkanes) is 1. The standard InChI is InChI=1S/C12H18N2O2S/c1-4-5-6-10(11(15)16)17-12-13-8(2)7-9(3)14-12/h7,10H,4-6H2,1-3H3,(H,15,16). The van der Waals surface area contributed by atoms with Crippen LogP contribution in [0.1, 0.15) is 37.6 Å². The third-order valence-corrected chi connectivity index (χ3v) is 3.42. The van der Waals surface area contributed by atoms with Gasteiger partial charge in [0.15, 0.2) is 5.16 Å². The summed E-state index contributed by atoms with van der Waals surface area (Å²) in [5.41, 5.74) is 1.75. The number of aryl methyl sites for hydroxylation is 2. The summed E-state index contributed by atoms with van der Waals surface area (Å²) in [5.74, 6) is -0.786. The first-order valence-electron chi connectivity index (χ1n) is 5.74. The lowest BCUT2D eigenvalue weighted by Gasteiger charge is -2.10. The molecule has 0 aliphatic rings. The van der Waals surface area contributed by atoms with E-state index in [-0.39, 0.29) is 0 Å². The summed E-state index contributed by atoms with van der Waals surface area (Å²) in [6.07, 6.45) is 2.57. The van der Waals surface area contributed by atoms with Crippen LogP contribution < -0.4 is 0 Å². The van der Waals surface area contributed by atoms with Crippen LogP contribution in [-0.2, 0) is 4.79 Å². The van der Waals surface area contributed by atoms with Gasteiger partial charge in [-0.3, -0.25) is 4.79 Å². The number of hydrogen-bond donors (Lipinski definition) is 1. The number of hydrogen-bond acceptors (Lipinski definition) is 4. The molecule has 0 spiro atoms. The van der Waals surface area contributed by atoms with Gasteiger partial charge in [0.05, 0.1) is 0 Å². The van der Waals surface area contributed by atoms with Crippen molar-refractivity contribution in [3.8, 4) is 0 Å². The number of carboxylic acid groups (broad SMARTS) is 1. The molecule has 5 heteroatoms. The first-order valence-corrected chi connectivity index (χ1v) is 6.62. The molecule has 0 saturated heterocycles. The highest BCUT2D eigenvalue weighted by Crippen LogP contribution is 2.24. The normalized spacial score (nSPS) is 12.4. The molecule has 0 saturated carbocycles. The molecule has 1 rings (SSSR count). The lowest BCUT2D eigenvalue weighted by molar-refractivity contribution is -0.136. The molecule has 1 heterocycles. The van der Waals surface area contributed by atoms with Crippen molar-refractivity contribution in [1.82, 2.24) is 9.97 Å². The fraction of sp³-hybridized carbons (Fsp3) is 0.583. The second-order valence-electron chi connectivity index (χ2n) is 4.02. The smallest absolute Gasteiger partial charge is 0.317 e. The monoisotopic (exact) mass is 254 g/mol. The van der Waals surface area contributed by atoms with E-state index in [1.807, 2.05) is 19.9 Å². The van der Waals surface area contributed by atoms with Crippen LogP contribution in [0.25, 0.3) is 0 Å². The van der Waals surface area contributed by atoms with Gasteiger partial charge in [-0.05, 0) is 26.3 Å². The molecule has 1 aromatic rings. The van der Waals surface area contributed by atoms with E-state index in [0.717, 1.165) is 24.2 Å². The van der Waals surface area contributed by atoms with Gasteiger partial charge in [0.1, 0.15) is 5.25 Å². The van der Waals surface area contributed by atoms with Gasteiger partial charge in [0.25, 0.3) is 0 Å². The maximum absolute atomic E-state index is 11.1. The molecular weight excluding hydrogens is 236 g/mol. The van der Waals surface area contributed by atoms with Crippen LogP contribution in [0.4, 0.5) is 0 Å². The fourth-order valence-corrected chi connectivity index (χ4v) is 2.53. The van der Waals surface area contributed by atoms with Gasteiger partial charge in [0.2, 0.25) is 0 Å². The van der Waals surface area contributed by atoms with Crippen LogP contribution in [0.5, 0.6) is 0 Å². The molecule has 4 nitrogen and oxygen atoms in total. The van der Waals surface area contributed by atoms with Gasteiger partial charge in [-0.1, -0.05) is 31.5 Å². The highest BCUT2D eigenvalue weighted by Gasteiger charge is 2.19. The zero-order valence-electron chi connectivity index (χ0n) is 10.4. The molecule has 0 aromatic carbocycles. The minimum atomic E-state index is -0.786. The number of nitrogens with zero attached hydrogens (tertiary/aromatic N) is 2. The SMILES string of the molecule is CCCCC(Sc1nc(C)cc(C)n1)C(=O)O. The number of carbonyl (C=O) groups is 1. The number of aliphatic carboxylic acids is 1. The van der Waals surface area contributed by atoms with Gasteiger partial charge >= 0.3 is 5.97 Å². The molecular formula is C12H18N2O2S. The molecule has 1 unspecified atom stereocenters. The van der Waals surface area contributed by atoms with Crippen LogP contribution in [0, 0.1) is 13.8 Å². The van der Waals surface area contributed by atoms with Crippen molar-refractivity contribution in [1.29, 1.82) is 0 Å². The van der Waals surface area contributed by atoms with E-state index in [2.05, 4.69) is 16.9 Å². The Balaban J connectivity index is 2.74. The van der Waals surface area contributed by atoms with Gasteiger partial charge in [-0.2, -0.15) is 0 Å². The predicted octanol–water partition coefficient (Wildman–Crippen LogP) is 2.83. The quantitative estimate of drug-likeness (QED) is 0.624. The third-order valence-electron chi connectivity index (χ3n) is 2.30. The van der Waals surface area contributed by atoms with E-state index in [4.69, 9.17) is 5.11 Å². The summed E-state index contributed by atoms with van der Waals surface area (Å²) in [6, 6.07) is 1.88. The van der Waals surface area contributed by atoms with Crippen molar-refractivity contribution >= 4 is 17.7 Å². The second kappa shape index (κ2) is 6.59. The summed E-state index contributed by atoms with van der Waals surface area (Å²) in [7, 11) is 0. The van der Waals surface area contributed by atoms with Gasteiger partial charge < -0.3 is 5.11 Å². The van der Waals surface area contributed by atoms with Crippen molar-refractivity contribution in [2.45, 2.75) is 50.4 Å². The van der Waals surface area contributed by atoms with Crippen LogP contribution in [-0.4, -0.2) is 26.3 Å². The first-order chi connectivity index (χ1) is 8.02. The Morgan fingerprint density at radius 3 is 2.47 bits per heavy atom. The molecule has 1 N–H and O–H groups in total. The average Bonchev–Trinajstić information content (AvgIpc) is 2.22. The van der Waals surface area contributed by atoms with Crippen LogP contribution in [0.2, 0.25) is 0 Å². The zero-order chi connectivity index (χ0) is 12.8. The summed E-state index contributed by atoms with van der Waals surface area (Å²) < 4.78 is 0. The Hall–Kier alpha value is -1.10. The van der Waals surface area contributed by atoms with E-state index in [1.165, 1.54) is 11.8 Å². The number of thioether (sulfide) groups is 1. The molecule has 94 valence electrons. The maximum Gasteiger partial charge on any atom is 0.317 e. The van der Waals surface area contributed by atoms with Gasteiger partial charge in [0, 0.05) is 11.4 Å². The van der Waals surface area contributed by atoms with Crippen LogP contribution in [0.15, 0.2) is 11.2 Å². The Morgan fingerprint density at radius 2 is 2.00 bits per heavy atom. The van der Waals surface area contributed by atoms with Crippen molar-refractivity contribution < 1.29 is 9.90 Å². The van der Waals surface area contributed by atoms with Crippen molar-refractivity contribution in [3.63, 3.8) is 0 Å². The zero-order valence-corrected chi connectivity index (χ0v) is 11.3. The molecule has 1 aromatic heterocycles. The molecule has 0 aliphatic heterocycles. The Morgan fingerprint density at radius 1 is 1.41 bits per heavy atom. The summed E-state index contributed by atoms with van der Waals surface area (Å²) in [5, 5.41) is 9.24. The van der Waals surface area contributed by atoms with E-state index in [9.17, 15) is 4.79 Å². The summed E-state index contributed by atoms with van der Waals surface area (Å²) in [6.45, 7) is 5.83. The van der Waals surface area contributed by atoms with Crippen molar-refractivity contribution in [2.75, 3.05) is 0 Å². The predicted molar refractivity (Wildman–Crippen MR) is 68.3 cm³/mol. The van der Waals surface area contributed by atoms with E-state index >= 15 is 0 Å². The van der Waals surface area contributed by atoms with Crippen LogP contribution >= 0.6 is 11.8 Å². The van der Waals surface area contributed by atoms with E-state index in [0.29, 0.717) is 11.6 Å². The molecule has 0 fully saturated rings. The maximum atomic E-state index is 11.1. The summed E-state index contributed by atoms with van der Waals surface area (Å²) >= 11 is 1.24. The molecule has 0 radical (unpaired) electrons. The van der Waals surface area contributed by atoms with Gasteiger partial charge in [-0.25, -0.2) is 9.97 Å². The molecule has 0 amide bonds. The van der Waals surface area contributed by atoms with Crippen molar-refractivity contribution in [3.05, 3.63) is 17.5 Å². The minimum absolute atomic E-state index is 0.448. The molecule has 0 aliphatic carbocycles.